The van der Waals surface area contributed by atoms with Crippen LogP contribution in [0.2, 0.25) is 0 Å². The third-order valence-electron chi connectivity index (χ3n) is 3.46. The molecule has 4 N–H and O–H groups in total. The summed E-state index contributed by atoms with van der Waals surface area (Å²) in [5.74, 6) is -0.482. The number of phenolic OH excluding ortho intramolecular Hbond substituents is 2. The lowest BCUT2D eigenvalue weighted by Crippen LogP contribution is -2.02. The maximum absolute atomic E-state index is 11.3. The summed E-state index contributed by atoms with van der Waals surface area (Å²) < 4.78 is 0. The van der Waals surface area contributed by atoms with E-state index in [4.69, 9.17) is 15.9 Å². The fourth-order valence-electron chi connectivity index (χ4n) is 2.07. The second-order valence-corrected chi connectivity index (χ2v) is 5.28. The zero-order valence-electron chi connectivity index (χ0n) is 14.4. The maximum atomic E-state index is 11.3. The molecule has 138 valence electrons. The summed E-state index contributed by atoms with van der Waals surface area (Å²) in [5.41, 5.74) is 6.04. The average molecular weight is 360 g/mol. The van der Waals surface area contributed by atoms with Crippen LogP contribution in [0.15, 0.2) is 36.4 Å². The van der Waals surface area contributed by atoms with Gasteiger partial charge in [0, 0.05) is 30.2 Å². The third-order valence-corrected chi connectivity index (χ3v) is 3.46. The number of nitro benzene ring substituents is 1. The van der Waals surface area contributed by atoms with Crippen LogP contribution in [-0.2, 0) is 0 Å². The summed E-state index contributed by atoms with van der Waals surface area (Å²) in [6.45, 7) is 3.36. The molecule has 2 rings (SSSR count). The van der Waals surface area contributed by atoms with Crippen LogP contribution in [0.5, 0.6) is 11.5 Å². The number of nitrogen functional groups attached to an aromatic ring is 1. The first-order chi connectivity index (χ1) is 12.2. The monoisotopic (exact) mass is 360 g/mol. The van der Waals surface area contributed by atoms with Crippen LogP contribution < -0.4 is 5.73 Å². The zero-order valence-corrected chi connectivity index (χ0v) is 14.4. The Kier molecular flexibility index (Phi) is 7.27. The predicted octanol–water partition coefficient (Wildman–Crippen LogP) is 3.46. The van der Waals surface area contributed by atoms with Crippen molar-refractivity contribution in [1.82, 2.24) is 0 Å². The number of nitrogens with zero attached hydrogens (tertiary/aromatic N) is 1. The van der Waals surface area contributed by atoms with E-state index in [1.54, 1.807) is 13.8 Å². The number of phenols is 2. The lowest BCUT2D eigenvalue weighted by molar-refractivity contribution is -0.385. The van der Waals surface area contributed by atoms with Crippen molar-refractivity contribution in [3.8, 4) is 11.5 Å². The number of rotatable bonds is 5. The summed E-state index contributed by atoms with van der Waals surface area (Å²) in [7, 11) is 0. The molecule has 0 radical (unpaired) electrons. The Morgan fingerprint density at radius 2 is 1.42 bits per heavy atom. The molecule has 0 fully saturated rings. The van der Waals surface area contributed by atoms with Gasteiger partial charge in [-0.2, -0.15) is 0 Å². The second kappa shape index (κ2) is 9.16. The first-order valence-electron chi connectivity index (χ1n) is 7.83. The minimum atomic E-state index is -0.637. The van der Waals surface area contributed by atoms with E-state index < -0.39 is 4.92 Å². The molecule has 2 aromatic rings. The number of Topliss-reactive ketones (excluding diaryl/α,β-unsaturated/α-hetero) is 2. The molecule has 26 heavy (non-hydrogen) atoms. The number of nitrogens with two attached hydrogens (primary N) is 1. The smallest absolute Gasteiger partial charge is 0.280 e. The number of nitro groups is 1. The summed E-state index contributed by atoms with van der Waals surface area (Å²) >= 11 is 0. The van der Waals surface area contributed by atoms with Gasteiger partial charge in [-0.15, -0.1) is 0 Å². The number of carbonyl (C=O) groups is 2. The van der Waals surface area contributed by atoms with Crippen LogP contribution in [0.25, 0.3) is 0 Å². The van der Waals surface area contributed by atoms with Crippen molar-refractivity contribution in [2.24, 2.45) is 0 Å². The van der Waals surface area contributed by atoms with Crippen LogP contribution in [0.1, 0.15) is 47.4 Å². The second-order valence-electron chi connectivity index (χ2n) is 5.28. The number of carbonyl (C=O) groups excluding carboxylic acids is 2. The molecule has 0 unspecified atom stereocenters. The van der Waals surface area contributed by atoms with Gasteiger partial charge in [-0.3, -0.25) is 19.7 Å². The van der Waals surface area contributed by atoms with Crippen LogP contribution in [-0.4, -0.2) is 26.7 Å². The van der Waals surface area contributed by atoms with E-state index in [-0.39, 0.29) is 40.7 Å². The number of hydrogen-bond donors (Lipinski definition) is 3. The molecular formula is C18H20N2O6. The Bertz CT molecular complexity index is 832. The normalized spacial score (nSPS) is 9.77. The first kappa shape index (κ1) is 20.6. The zero-order chi connectivity index (χ0) is 19.9. The molecule has 0 aliphatic carbocycles. The molecule has 0 aromatic heterocycles. The Labute approximate surface area is 150 Å². The standard InChI is InChI=1S/C9H9NO4.C9H11NO2/c1-2-9(12)7-5-6(11)3-4-8(7)10(13)14;1-2-9(12)7-5-6(11)3-4-8(7)10/h3-5,11H,2H2,1H3;3-5,11H,2,10H2,1H3. The molecule has 0 heterocycles. The average Bonchev–Trinajstić information content (AvgIpc) is 2.62. The third kappa shape index (κ3) is 5.30. The van der Waals surface area contributed by atoms with Crippen LogP contribution in [0.3, 0.4) is 0 Å². The molecule has 0 bridgehead atoms. The highest BCUT2D eigenvalue weighted by atomic mass is 16.6. The number of ketones is 2. The minimum absolute atomic E-state index is 0.0440. The Hall–Kier alpha value is -3.42. The van der Waals surface area contributed by atoms with E-state index in [0.29, 0.717) is 17.7 Å². The highest BCUT2D eigenvalue weighted by molar-refractivity contribution is 6.01. The van der Waals surface area contributed by atoms with Crippen LogP contribution in [0.4, 0.5) is 11.4 Å². The van der Waals surface area contributed by atoms with Gasteiger partial charge in [-0.25, -0.2) is 0 Å². The van der Waals surface area contributed by atoms with E-state index in [2.05, 4.69) is 0 Å². The summed E-state index contributed by atoms with van der Waals surface area (Å²) in [5, 5.41) is 28.7. The lowest BCUT2D eigenvalue weighted by Gasteiger charge is -2.02. The van der Waals surface area contributed by atoms with Crippen LogP contribution in [0, 0.1) is 10.1 Å². The molecule has 8 nitrogen and oxygen atoms in total. The van der Waals surface area contributed by atoms with Gasteiger partial charge in [0.15, 0.2) is 11.6 Å². The molecule has 0 aliphatic rings. The SMILES string of the molecule is CCC(=O)c1cc(O)ccc1N.CCC(=O)c1cc(O)ccc1[N+](=O)[O-]. The van der Waals surface area contributed by atoms with E-state index >= 15 is 0 Å². The molecule has 8 heteroatoms. The van der Waals surface area contributed by atoms with Crippen LogP contribution >= 0.6 is 0 Å². The van der Waals surface area contributed by atoms with Gasteiger partial charge < -0.3 is 15.9 Å². The molecule has 0 saturated carbocycles. The fourth-order valence-corrected chi connectivity index (χ4v) is 2.07. The van der Waals surface area contributed by atoms with Gasteiger partial charge >= 0.3 is 0 Å². The largest absolute Gasteiger partial charge is 0.508 e. The first-order valence-corrected chi connectivity index (χ1v) is 7.83. The number of aromatic hydroxyl groups is 2. The predicted molar refractivity (Wildman–Crippen MR) is 96.5 cm³/mol. The minimum Gasteiger partial charge on any atom is -0.508 e. The van der Waals surface area contributed by atoms with Gasteiger partial charge in [0.25, 0.3) is 5.69 Å². The van der Waals surface area contributed by atoms with Crippen molar-refractivity contribution >= 4 is 22.9 Å². The summed E-state index contributed by atoms with van der Waals surface area (Å²) in [4.78, 5) is 32.4. The van der Waals surface area contributed by atoms with Crippen molar-refractivity contribution in [3.63, 3.8) is 0 Å². The topological polar surface area (TPSA) is 144 Å². The van der Waals surface area contributed by atoms with E-state index in [1.165, 1.54) is 24.3 Å². The highest BCUT2D eigenvalue weighted by Crippen LogP contribution is 2.24. The van der Waals surface area contributed by atoms with Gasteiger partial charge in [0.1, 0.15) is 11.5 Å². The van der Waals surface area contributed by atoms with Crippen molar-refractivity contribution in [3.05, 3.63) is 57.6 Å². The van der Waals surface area contributed by atoms with E-state index in [9.17, 15) is 19.7 Å². The quantitative estimate of drug-likeness (QED) is 0.243. The fraction of sp³-hybridized carbons (Fsp3) is 0.222. The van der Waals surface area contributed by atoms with Gasteiger partial charge in [-0.1, -0.05) is 13.8 Å². The lowest BCUT2D eigenvalue weighted by atomic mass is 10.1. The van der Waals surface area contributed by atoms with Gasteiger partial charge in [0.05, 0.1) is 10.5 Å². The molecule has 0 atom stereocenters. The van der Waals surface area contributed by atoms with Crippen molar-refractivity contribution < 1.29 is 24.7 Å². The Balaban J connectivity index is 0.000000263. The van der Waals surface area contributed by atoms with E-state index in [1.807, 2.05) is 0 Å². The van der Waals surface area contributed by atoms with Crippen molar-refractivity contribution in [2.75, 3.05) is 5.73 Å². The summed E-state index contributed by atoms with van der Waals surface area (Å²) in [6.07, 6.45) is 0.567. The van der Waals surface area contributed by atoms with Crippen molar-refractivity contribution in [1.29, 1.82) is 0 Å². The summed E-state index contributed by atoms with van der Waals surface area (Å²) in [6, 6.07) is 7.80. The number of anilines is 1. The molecule has 0 spiro atoms. The van der Waals surface area contributed by atoms with E-state index in [0.717, 1.165) is 12.1 Å². The molecule has 0 amide bonds. The molecule has 0 saturated heterocycles. The molecular weight excluding hydrogens is 340 g/mol. The Morgan fingerprint density at radius 1 is 0.962 bits per heavy atom. The molecule has 2 aromatic carbocycles. The highest BCUT2D eigenvalue weighted by Gasteiger charge is 2.18. The number of benzene rings is 2. The molecule has 0 aliphatic heterocycles. The van der Waals surface area contributed by atoms with Crippen molar-refractivity contribution in [2.45, 2.75) is 26.7 Å². The van der Waals surface area contributed by atoms with Gasteiger partial charge in [-0.05, 0) is 30.3 Å². The maximum Gasteiger partial charge on any atom is 0.280 e. The number of hydrogen-bond acceptors (Lipinski definition) is 7. The van der Waals surface area contributed by atoms with Gasteiger partial charge in [0.2, 0.25) is 0 Å². The Morgan fingerprint density at radius 3 is 1.92 bits per heavy atom.